The minimum Gasteiger partial charge on any atom is -0.326 e. The molecule has 6 rings (SSSR count). The Kier molecular flexibility index (Phi) is 4.04. The summed E-state index contributed by atoms with van der Waals surface area (Å²) in [5.41, 5.74) is 1.31. The van der Waals surface area contributed by atoms with E-state index in [1.54, 1.807) is 0 Å². The summed E-state index contributed by atoms with van der Waals surface area (Å²) in [6.45, 7) is 0.543. The Hall–Kier alpha value is -1.56. The third-order valence-corrected chi connectivity index (χ3v) is 9.15. The normalized spacial score (nSPS) is 36.6. The average molecular weight is 389 g/mol. The molecule has 0 spiro atoms. The minimum absolute atomic E-state index is 0.163. The SMILES string of the molecule is O=C(Nc1ccc(N2CCCCS2(=O)=O)cc1)C12CC3CC(CC(C3)C1)C2. The molecule has 27 heavy (non-hydrogen) atoms. The van der Waals surface area contributed by atoms with E-state index in [1.165, 1.54) is 23.6 Å². The van der Waals surface area contributed by atoms with Gasteiger partial charge in [-0.05, 0) is 93.4 Å². The van der Waals surface area contributed by atoms with Gasteiger partial charge in [0.2, 0.25) is 15.9 Å². The Morgan fingerprint density at radius 1 is 0.963 bits per heavy atom. The summed E-state index contributed by atoms with van der Waals surface area (Å²) in [4.78, 5) is 13.1. The second kappa shape index (κ2) is 6.23. The van der Waals surface area contributed by atoms with Crippen molar-refractivity contribution in [3.8, 4) is 0 Å². The zero-order chi connectivity index (χ0) is 18.6. The number of amides is 1. The first-order valence-corrected chi connectivity index (χ1v) is 12.0. The summed E-state index contributed by atoms with van der Waals surface area (Å²) >= 11 is 0. The van der Waals surface area contributed by atoms with Gasteiger partial charge in [-0.2, -0.15) is 0 Å². The van der Waals surface area contributed by atoms with Crippen LogP contribution >= 0.6 is 0 Å². The van der Waals surface area contributed by atoms with Crippen LogP contribution in [0.1, 0.15) is 51.4 Å². The zero-order valence-corrected chi connectivity index (χ0v) is 16.5. The van der Waals surface area contributed by atoms with Gasteiger partial charge in [0.15, 0.2) is 0 Å². The third-order valence-electron chi connectivity index (χ3n) is 7.28. The third kappa shape index (κ3) is 3.06. The second-order valence-electron chi connectivity index (χ2n) is 9.29. The fraction of sp³-hybridized carbons (Fsp3) is 0.667. The van der Waals surface area contributed by atoms with Crippen molar-refractivity contribution in [3.05, 3.63) is 24.3 Å². The van der Waals surface area contributed by atoms with Crippen LogP contribution in [-0.2, 0) is 14.8 Å². The molecule has 6 heteroatoms. The fourth-order valence-electron chi connectivity index (χ4n) is 6.44. The molecule has 4 aliphatic carbocycles. The molecule has 5 fully saturated rings. The molecule has 1 heterocycles. The standard InChI is InChI=1S/C21H28N2O3S/c24-20(21-12-15-9-16(13-21)11-17(10-15)14-21)22-18-3-5-19(6-4-18)23-7-1-2-8-27(23,25)26/h3-6,15-17H,1-2,7-14H2,(H,22,24). The summed E-state index contributed by atoms with van der Waals surface area (Å²) < 4.78 is 26.0. The van der Waals surface area contributed by atoms with E-state index in [1.807, 2.05) is 24.3 Å². The summed E-state index contributed by atoms with van der Waals surface area (Å²) in [6, 6.07) is 7.33. The van der Waals surface area contributed by atoms with Gasteiger partial charge in [-0.15, -0.1) is 0 Å². The van der Waals surface area contributed by atoms with Crippen molar-refractivity contribution in [1.82, 2.24) is 0 Å². The van der Waals surface area contributed by atoms with Gasteiger partial charge in [-0.3, -0.25) is 9.10 Å². The molecule has 1 aromatic carbocycles. The van der Waals surface area contributed by atoms with Crippen LogP contribution in [0.3, 0.4) is 0 Å². The van der Waals surface area contributed by atoms with Crippen LogP contribution in [-0.4, -0.2) is 26.6 Å². The predicted octanol–water partition coefficient (Wildman–Crippen LogP) is 3.77. The quantitative estimate of drug-likeness (QED) is 0.857. The monoisotopic (exact) mass is 388 g/mol. The van der Waals surface area contributed by atoms with Gasteiger partial charge in [0.25, 0.3) is 0 Å². The molecule has 0 aromatic heterocycles. The number of nitrogens with zero attached hydrogens (tertiary/aromatic N) is 1. The summed E-state index contributed by atoms with van der Waals surface area (Å²) in [5, 5.41) is 3.14. The highest BCUT2D eigenvalue weighted by molar-refractivity contribution is 7.92. The number of rotatable bonds is 3. The molecule has 4 bridgehead atoms. The largest absolute Gasteiger partial charge is 0.326 e. The Balaban J connectivity index is 1.31. The number of nitrogens with one attached hydrogen (secondary N) is 1. The lowest BCUT2D eigenvalue weighted by Gasteiger charge is -2.55. The van der Waals surface area contributed by atoms with Gasteiger partial charge < -0.3 is 5.32 Å². The highest BCUT2D eigenvalue weighted by atomic mass is 32.2. The Labute approximate surface area is 161 Å². The number of hydrogen-bond acceptors (Lipinski definition) is 3. The Morgan fingerprint density at radius 2 is 1.56 bits per heavy atom. The Bertz CT molecular complexity index is 811. The van der Waals surface area contributed by atoms with Crippen molar-refractivity contribution in [2.24, 2.45) is 23.2 Å². The number of carbonyl (C=O) groups excluding carboxylic acids is 1. The molecule has 0 unspecified atom stereocenters. The van der Waals surface area contributed by atoms with Crippen molar-refractivity contribution in [2.75, 3.05) is 21.9 Å². The van der Waals surface area contributed by atoms with Crippen molar-refractivity contribution < 1.29 is 13.2 Å². The van der Waals surface area contributed by atoms with E-state index in [0.717, 1.165) is 55.5 Å². The van der Waals surface area contributed by atoms with Crippen molar-refractivity contribution in [1.29, 1.82) is 0 Å². The van der Waals surface area contributed by atoms with Crippen LogP contribution in [0.25, 0.3) is 0 Å². The first kappa shape index (κ1) is 17.5. The second-order valence-corrected chi connectivity index (χ2v) is 11.3. The molecule has 5 nitrogen and oxygen atoms in total. The van der Waals surface area contributed by atoms with Crippen LogP contribution in [0.15, 0.2) is 24.3 Å². The lowest BCUT2D eigenvalue weighted by atomic mass is 9.49. The smallest absolute Gasteiger partial charge is 0.235 e. The highest BCUT2D eigenvalue weighted by Gasteiger charge is 2.54. The van der Waals surface area contributed by atoms with Crippen molar-refractivity contribution in [2.45, 2.75) is 51.4 Å². The van der Waals surface area contributed by atoms with Gasteiger partial charge in [0, 0.05) is 12.2 Å². The van der Waals surface area contributed by atoms with Crippen LogP contribution in [0, 0.1) is 23.2 Å². The number of sulfonamides is 1. The molecule has 1 aromatic rings. The van der Waals surface area contributed by atoms with Gasteiger partial charge in [-0.1, -0.05) is 0 Å². The van der Waals surface area contributed by atoms with Crippen molar-refractivity contribution >= 4 is 27.3 Å². The molecule has 0 radical (unpaired) electrons. The summed E-state index contributed by atoms with van der Waals surface area (Å²) in [5.74, 6) is 2.63. The number of benzene rings is 1. The molecule has 1 aliphatic heterocycles. The van der Waals surface area contributed by atoms with Gasteiger partial charge in [0.05, 0.1) is 16.9 Å². The molecular formula is C21H28N2O3S. The van der Waals surface area contributed by atoms with E-state index in [2.05, 4.69) is 5.32 Å². The molecule has 5 aliphatic rings. The average Bonchev–Trinajstić information content (AvgIpc) is 2.61. The molecular weight excluding hydrogens is 360 g/mol. The summed E-state index contributed by atoms with van der Waals surface area (Å²) in [6.07, 6.45) is 8.75. The molecule has 1 N–H and O–H groups in total. The first-order chi connectivity index (χ1) is 12.9. The number of carbonyl (C=O) groups is 1. The number of hydrogen-bond donors (Lipinski definition) is 1. The molecule has 1 saturated heterocycles. The van der Waals surface area contributed by atoms with Crippen LogP contribution < -0.4 is 9.62 Å². The predicted molar refractivity (Wildman–Crippen MR) is 106 cm³/mol. The van der Waals surface area contributed by atoms with E-state index in [4.69, 9.17) is 0 Å². The fourth-order valence-corrected chi connectivity index (χ4v) is 8.08. The summed E-state index contributed by atoms with van der Waals surface area (Å²) in [7, 11) is -3.20. The lowest BCUT2D eigenvalue weighted by Crippen LogP contribution is -2.51. The van der Waals surface area contributed by atoms with Gasteiger partial charge >= 0.3 is 0 Å². The van der Waals surface area contributed by atoms with E-state index in [0.29, 0.717) is 12.2 Å². The first-order valence-electron chi connectivity index (χ1n) is 10.4. The van der Waals surface area contributed by atoms with Crippen LogP contribution in [0.5, 0.6) is 0 Å². The molecule has 4 saturated carbocycles. The topological polar surface area (TPSA) is 66.5 Å². The van der Waals surface area contributed by atoms with Gasteiger partial charge in [-0.25, -0.2) is 8.42 Å². The molecule has 0 atom stereocenters. The highest BCUT2D eigenvalue weighted by Crippen LogP contribution is 2.60. The maximum Gasteiger partial charge on any atom is 0.235 e. The maximum atomic E-state index is 13.1. The van der Waals surface area contributed by atoms with Gasteiger partial charge in [0.1, 0.15) is 0 Å². The lowest BCUT2D eigenvalue weighted by molar-refractivity contribution is -0.140. The maximum absolute atomic E-state index is 13.1. The number of anilines is 2. The van der Waals surface area contributed by atoms with E-state index in [-0.39, 0.29) is 17.1 Å². The molecule has 146 valence electrons. The molecule has 1 amide bonds. The van der Waals surface area contributed by atoms with E-state index in [9.17, 15) is 13.2 Å². The Morgan fingerprint density at radius 3 is 2.11 bits per heavy atom. The van der Waals surface area contributed by atoms with Crippen LogP contribution in [0.2, 0.25) is 0 Å². The minimum atomic E-state index is -3.20. The van der Waals surface area contributed by atoms with E-state index < -0.39 is 10.0 Å². The van der Waals surface area contributed by atoms with E-state index >= 15 is 0 Å². The zero-order valence-electron chi connectivity index (χ0n) is 15.7. The van der Waals surface area contributed by atoms with Crippen LogP contribution in [0.4, 0.5) is 11.4 Å². The van der Waals surface area contributed by atoms with Crippen molar-refractivity contribution in [3.63, 3.8) is 0 Å².